The zero-order chi connectivity index (χ0) is 18.7. The van der Waals surface area contributed by atoms with Gasteiger partial charge in [-0.3, -0.25) is 4.79 Å². The summed E-state index contributed by atoms with van der Waals surface area (Å²) in [5, 5.41) is 29.3. The number of aliphatic hydroxyl groups is 2. The van der Waals surface area contributed by atoms with Gasteiger partial charge in [0.05, 0.1) is 11.7 Å². The number of carboxylic acids is 1. The highest BCUT2D eigenvalue weighted by Gasteiger charge is 2.32. The van der Waals surface area contributed by atoms with Gasteiger partial charge < -0.3 is 15.3 Å². The van der Waals surface area contributed by atoms with Gasteiger partial charge in [-0.2, -0.15) is 0 Å². The highest BCUT2D eigenvalue weighted by molar-refractivity contribution is 5.66. The molecule has 1 aliphatic rings. The lowest BCUT2D eigenvalue weighted by atomic mass is 9.88. The Bertz CT molecular complexity index is 439. The molecule has 0 bridgehead atoms. The lowest BCUT2D eigenvalue weighted by Crippen LogP contribution is -2.22. The van der Waals surface area contributed by atoms with Crippen molar-refractivity contribution in [2.24, 2.45) is 11.8 Å². The molecule has 25 heavy (non-hydrogen) atoms. The van der Waals surface area contributed by atoms with Gasteiger partial charge in [0, 0.05) is 6.42 Å². The fraction of sp³-hybridized carbons (Fsp3) is 0.762. The van der Waals surface area contributed by atoms with Crippen LogP contribution in [0, 0.1) is 11.8 Å². The van der Waals surface area contributed by atoms with E-state index in [9.17, 15) is 15.0 Å². The third kappa shape index (κ3) is 9.22. The molecule has 4 heteroatoms. The van der Waals surface area contributed by atoms with Gasteiger partial charge in [0.1, 0.15) is 0 Å². The summed E-state index contributed by atoms with van der Waals surface area (Å²) < 4.78 is 0. The minimum absolute atomic E-state index is 0.193. The van der Waals surface area contributed by atoms with Gasteiger partial charge >= 0.3 is 5.97 Å². The highest BCUT2D eigenvalue weighted by atomic mass is 16.4. The van der Waals surface area contributed by atoms with Crippen molar-refractivity contribution in [3.8, 4) is 0 Å². The maximum atomic E-state index is 10.5. The van der Waals surface area contributed by atoms with Crippen LogP contribution < -0.4 is 0 Å². The molecular weight excluding hydrogens is 316 g/mol. The lowest BCUT2D eigenvalue weighted by Gasteiger charge is -2.22. The second kappa shape index (κ2) is 11.5. The number of hydrogen-bond acceptors (Lipinski definition) is 3. The van der Waals surface area contributed by atoms with E-state index in [1.54, 1.807) is 0 Å². The smallest absolute Gasteiger partial charge is 0.303 e. The van der Waals surface area contributed by atoms with Crippen LogP contribution >= 0.6 is 0 Å². The van der Waals surface area contributed by atoms with Gasteiger partial charge in [-0.25, -0.2) is 0 Å². The highest BCUT2D eigenvalue weighted by Crippen LogP contribution is 2.36. The molecule has 1 saturated carbocycles. The molecule has 0 aliphatic heterocycles. The average Bonchev–Trinajstić information content (AvgIpc) is 2.89. The van der Waals surface area contributed by atoms with E-state index in [2.05, 4.69) is 19.1 Å². The molecule has 3 N–H and O–H groups in total. The molecular formula is C21H36O4. The van der Waals surface area contributed by atoms with Crippen molar-refractivity contribution in [1.29, 1.82) is 0 Å². The van der Waals surface area contributed by atoms with Crippen LogP contribution in [0.2, 0.25) is 0 Å². The molecule has 0 spiro atoms. The first kappa shape index (κ1) is 21.9. The first-order chi connectivity index (χ1) is 11.9. The molecule has 1 fully saturated rings. The number of aliphatic carboxylic acids is 1. The van der Waals surface area contributed by atoms with Gasteiger partial charge in [0.15, 0.2) is 0 Å². The van der Waals surface area contributed by atoms with Crippen molar-refractivity contribution in [3.63, 3.8) is 0 Å². The predicted octanol–water partition coefficient (Wildman–Crippen LogP) is 4.46. The van der Waals surface area contributed by atoms with E-state index in [-0.39, 0.29) is 18.4 Å². The Morgan fingerprint density at radius 2 is 1.96 bits per heavy atom. The van der Waals surface area contributed by atoms with Gasteiger partial charge in [-0.05, 0) is 57.3 Å². The molecule has 144 valence electrons. The summed E-state index contributed by atoms with van der Waals surface area (Å²) in [4.78, 5) is 10.5. The average molecular weight is 353 g/mol. The van der Waals surface area contributed by atoms with Crippen molar-refractivity contribution in [3.05, 3.63) is 24.3 Å². The van der Waals surface area contributed by atoms with Crippen molar-refractivity contribution < 1.29 is 20.1 Å². The molecule has 4 nitrogen and oxygen atoms in total. The Balaban J connectivity index is 2.45. The van der Waals surface area contributed by atoms with Crippen LogP contribution in [0.25, 0.3) is 0 Å². The lowest BCUT2D eigenvalue weighted by molar-refractivity contribution is -0.137. The Labute approximate surface area is 152 Å². The van der Waals surface area contributed by atoms with Gasteiger partial charge in [-0.1, -0.05) is 50.5 Å². The summed E-state index contributed by atoms with van der Waals surface area (Å²) >= 11 is 0. The quantitative estimate of drug-likeness (QED) is 0.358. The van der Waals surface area contributed by atoms with Crippen molar-refractivity contribution in [1.82, 2.24) is 0 Å². The van der Waals surface area contributed by atoms with Gasteiger partial charge in [0.25, 0.3) is 0 Å². The number of allylic oxidation sites excluding steroid dienone is 3. The first-order valence-electron chi connectivity index (χ1n) is 9.82. The fourth-order valence-corrected chi connectivity index (χ4v) is 3.54. The van der Waals surface area contributed by atoms with Crippen LogP contribution in [-0.2, 0) is 4.79 Å². The molecule has 0 aromatic heterocycles. The number of hydrogen-bond donors (Lipinski definition) is 3. The summed E-state index contributed by atoms with van der Waals surface area (Å²) in [6.45, 7) is 4.02. The molecule has 0 amide bonds. The molecule has 0 aromatic rings. The van der Waals surface area contributed by atoms with E-state index in [0.717, 1.165) is 51.4 Å². The van der Waals surface area contributed by atoms with Crippen molar-refractivity contribution in [2.75, 3.05) is 0 Å². The topological polar surface area (TPSA) is 77.8 Å². The molecule has 1 aliphatic carbocycles. The minimum Gasteiger partial charge on any atom is -0.481 e. The largest absolute Gasteiger partial charge is 0.481 e. The number of unbranched alkanes of at least 4 members (excludes halogenated alkanes) is 3. The summed E-state index contributed by atoms with van der Waals surface area (Å²) in [5.41, 5.74) is -0.764. The number of carbonyl (C=O) groups is 1. The normalized spacial score (nSPS) is 26.5. The second-order valence-corrected chi connectivity index (χ2v) is 7.64. The van der Waals surface area contributed by atoms with E-state index < -0.39 is 11.6 Å². The molecule has 3 unspecified atom stereocenters. The minimum atomic E-state index is -0.764. The van der Waals surface area contributed by atoms with Crippen LogP contribution in [0.3, 0.4) is 0 Å². The molecule has 0 aromatic carbocycles. The summed E-state index contributed by atoms with van der Waals surface area (Å²) in [7, 11) is 0. The van der Waals surface area contributed by atoms with Crippen LogP contribution in [0.15, 0.2) is 24.3 Å². The Hall–Kier alpha value is -1.13. The molecule has 1 rings (SSSR count). The summed E-state index contributed by atoms with van der Waals surface area (Å²) in [6.07, 6.45) is 16.1. The maximum absolute atomic E-state index is 10.5. The molecule has 4 atom stereocenters. The zero-order valence-electron chi connectivity index (χ0n) is 15.9. The van der Waals surface area contributed by atoms with Crippen LogP contribution in [0.5, 0.6) is 0 Å². The first-order valence-corrected chi connectivity index (χ1v) is 9.82. The zero-order valence-corrected chi connectivity index (χ0v) is 15.9. The maximum Gasteiger partial charge on any atom is 0.303 e. The number of aliphatic hydroxyl groups excluding tert-OH is 1. The Morgan fingerprint density at radius 3 is 2.64 bits per heavy atom. The number of rotatable bonds is 12. The van der Waals surface area contributed by atoms with Gasteiger partial charge in [0.2, 0.25) is 0 Å². The van der Waals surface area contributed by atoms with Crippen LogP contribution in [0.1, 0.15) is 78.1 Å². The van der Waals surface area contributed by atoms with Crippen LogP contribution in [-0.4, -0.2) is 33.0 Å². The van der Waals surface area contributed by atoms with E-state index in [1.165, 1.54) is 0 Å². The molecule has 0 saturated heterocycles. The SMILES string of the molecule is CCCCCC(C)(O)/C=C/C1CC[C@@H](O)C1C/C=C\CCCC(=O)O. The third-order valence-corrected chi connectivity index (χ3v) is 5.17. The summed E-state index contributed by atoms with van der Waals surface area (Å²) in [5.74, 6) is -0.259. The van der Waals surface area contributed by atoms with Crippen molar-refractivity contribution >= 4 is 5.97 Å². The Kier molecular flexibility index (Phi) is 10.1. The van der Waals surface area contributed by atoms with E-state index in [1.807, 2.05) is 19.1 Å². The van der Waals surface area contributed by atoms with Crippen LogP contribution in [0.4, 0.5) is 0 Å². The Morgan fingerprint density at radius 1 is 1.20 bits per heavy atom. The number of carboxylic acid groups (broad SMARTS) is 1. The standard InChI is InChI=1S/C21H36O4/c1-3-4-9-15-21(2,25)16-14-17-12-13-19(22)18(17)10-7-5-6-8-11-20(23)24/h5,7,14,16-19,22,25H,3-4,6,8-13,15H2,1-2H3,(H,23,24)/b7-5-,16-14+/t17?,18?,19-,21?/m1/s1. The molecule has 0 radical (unpaired) electrons. The second-order valence-electron chi connectivity index (χ2n) is 7.64. The van der Waals surface area contributed by atoms with E-state index in [0.29, 0.717) is 12.3 Å². The monoisotopic (exact) mass is 352 g/mol. The predicted molar refractivity (Wildman–Crippen MR) is 101 cm³/mol. The van der Waals surface area contributed by atoms with Gasteiger partial charge in [-0.15, -0.1) is 0 Å². The van der Waals surface area contributed by atoms with E-state index >= 15 is 0 Å². The summed E-state index contributed by atoms with van der Waals surface area (Å²) in [6, 6.07) is 0. The molecule has 0 heterocycles. The van der Waals surface area contributed by atoms with Crippen molar-refractivity contribution in [2.45, 2.75) is 89.8 Å². The van der Waals surface area contributed by atoms with E-state index in [4.69, 9.17) is 5.11 Å². The fourth-order valence-electron chi connectivity index (χ4n) is 3.54. The third-order valence-electron chi connectivity index (χ3n) is 5.17.